The van der Waals surface area contributed by atoms with Gasteiger partial charge in [0.05, 0.1) is 35.1 Å². The molecule has 0 amide bonds. The zero-order chi connectivity index (χ0) is 19.0. The molecule has 0 saturated carbocycles. The summed E-state index contributed by atoms with van der Waals surface area (Å²) in [5, 5.41) is 7.46. The number of rotatable bonds is 5. The molecule has 8 heteroatoms. The number of fused-ring (bicyclic) bond motifs is 1. The molecule has 4 aromatic rings. The van der Waals surface area contributed by atoms with Crippen LogP contribution >= 0.6 is 11.3 Å². The summed E-state index contributed by atoms with van der Waals surface area (Å²) < 4.78 is 7.45. The Balaban J connectivity index is 1.82. The molecule has 3 aromatic heterocycles. The van der Waals surface area contributed by atoms with Crippen molar-refractivity contribution in [2.24, 2.45) is 0 Å². The third-order valence-electron chi connectivity index (χ3n) is 4.27. The van der Waals surface area contributed by atoms with Gasteiger partial charge in [-0.2, -0.15) is 5.10 Å². The highest BCUT2D eigenvalue weighted by atomic mass is 32.1. The van der Waals surface area contributed by atoms with E-state index in [4.69, 9.17) is 4.74 Å². The van der Waals surface area contributed by atoms with E-state index >= 15 is 0 Å². The Morgan fingerprint density at radius 1 is 1.19 bits per heavy atom. The number of benzene rings is 1. The van der Waals surface area contributed by atoms with Crippen LogP contribution in [0, 0.1) is 13.8 Å². The normalized spacial score (nSPS) is 11.2. The van der Waals surface area contributed by atoms with Gasteiger partial charge in [-0.15, -0.1) is 11.3 Å². The molecule has 0 fully saturated rings. The lowest BCUT2D eigenvalue weighted by Gasteiger charge is -2.09. The SMILES string of the molecule is CCOc1ccccc1-c1nc2c(C)n(Cc3csc(C)n3)nc2c(=O)[nH]1. The molecule has 1 aromatic carbocycles. The van der Waals surface area contributed by atoms with Crippen molar-refractivity contribution in [2.75, 3.05) is 6.61 Å². The summed E-state index contributed by atoms with van der Waals surface area (Å²) >= 11 is 1.60. The Bertz CT molecular complexity index is 1170. The van der Waals surface area contributed by atoms with Crippen LogP contribution in [0.4, 0.5) is 0 Å². The van der Waals surface area contributed by atoms with E-state index in [9.17, 15) is 4.79 Å². The first-order valence-electron chi connectivity index (χ1n) is 8.67. The third-order valence-corrected chi connectivity index (χ3v) is 5.09. The summed E-state index contributed by atoms with van der Waals surface area (Å²) in [6.07, 6.45) is 0. The fraction of sp³-hybridized carbons (Fsp3) is 0.263. The van der Waals surface area contributed by atoms with Gasteiger partial charge in [0.25, 0.3) is 5.56 Å². The van der Waals surface area contributed by atoms with Crippen LogP contribution in [0.25, 0.3) is 22.4 Å². The molecule has 0 spiro atoms. The van der Waals surface area contributed by atoms with Crippen LogP contribution < -0.4 is 10.3 Å². The average Bonchev–Trinajstić information content (AvgIpc) is 3.20. The number of aromatic amines is 1. The number of aryl methyl sites for hydroxylation is 2. The molecule has 0 aliphatic heterocycles. The quantitative estimate of drug-likeness (QED) is 0.573. The van der Waals surface area contributed by atoms with Crippen LogP contribution in [0.3, 0.4) is 0 Å². The smallest absolute Gasteiger partial charge is 0.279 e. The fourth-order valence-corrected chi connectivity index (χ4v) is 3.59. The molecule has 0 aliphatic rings. The maximum absolute atomic E-state index is 12.6. The van der Waals surface area contributed by atoms with Crippen molar-refractivity contribution in [1.82, 2.24) is 24.7 Å². The predicted molar refractivity (Wildman–Crippen MR) is 105 cm³/mol. The van der Waals surface area contributed by atoms with E-state index in [1.165, 1.54) is 0 Å². The van der Waals surface area contributed by atoms with Gasteiger partial charge in [-0.1, -0.05) is 12.1 Å². The first-order valence-corrected chi connectivity index (χ1v) is 9.55. The molecular formula is C19H19N5O2S. The number of hydrogen-bond donors (Lipinski definition) is 1. The summed E-state index contributed by atoms with van der Waals surface area (Å²) in [5.41, 5.74) is 3.16. The molecule has 0 radical (unpaired) electrons. The standard InChI is InChI=1S/C19H19N5O2S/c1-4-26-15-8-6-5-7-14(15)18-21-16-11(2)24(23-17(16)19(25)22-18)9-13-10-27-12(3)20-13/h5-8,10H,4,9H2,1-3H3,(H,21,22,25). The largest absolute Gasteiger partial charge is 0.493 e. The summed E-state index contributed by atoms with van der Waals surface area (Å²) in [6.45, 7) is 6.85. The second-order valence-electron chi connectivity index (χ2n) is 6.14. The molecule has 3 heterocycles. The van der Waals surface area contributed by atoms with E-state index in [-0.39, 0.29) is 5.56 Å². The van der Waals surface area contributed by atoms with E-state index in [2.05, 4.69) is 20.1 Å². The van der Waals surface area contributed by atoms with Gasteiger partial charge in [0.2, 0.25) is 0 Å². The number of H-pyrrole nitrogens is 1. The predicted octanol–water partition coefficient (Wildman–Crippen LogP) is 3.31. The molecule has 0 unspecified atom stereocenters. The van der Waals surface area contributed by atoms with Crippen LogP contribution in [-0.4, -0.2) is 31.3 Å². The summed E-state index contributed by atoms with van der Waals surface area (Å²) in [5.74, 6) is 1.16. The number of aromatic nitrogens is 5. The van der Waals surface area contributed by atoms with E-state index in [0.29, 0.717) is 35.8 Å². The highest BCUT2D eigenvalue weighted by Gasteiger charge is 2.17. The molecule has 0 saturated heterocycles. The highest BCUT2D eigenvalue weighted by molar-refractivity contribution is 7.09. The van der Waals surface area contributed by atoms with Crippen LogP contribution in [-0.2, 0) is 6.54 Å². The van der Waals surface area contributed by atoms with Crippen molar-refractivity contribution in [1.29, 1.82) is 0 Å². The van der Waals surface area contributed by atoms with Crippen molar-refractivity contribution in [2.45, 2.75) is 27.3 Å². The van der Waals surface area contributed by atoms with Gasteiger partial charge in [-0.05, 0) is 32.9 Å². The number of thiazole rings is 1. The second-order valence-corrected chi connectivity index (χ2v) is 7.20. The maximum atomic E-state index is 12.6. The lowest BCUT2D eigenvalue weighted by Crippen LogP contribution is -2.10. The van der Waals surface area contributed by atoms with Gasteiger partial charge in [-0.3, -0.25) is 9.48 Å². The third kappa shape index (κ3) is 3.23. The van der Waals surface area contributed by atoms with Crippen molar-refractivity contribution >= 4 is 22.4 Å². The number of hydrogen-bond acceptors (Lipinski definition) is 6. The lowest BCUT2D eigenvalue weighted by atomic mass is 10.2. The van der Waals surface area contributed by atoms with Crippen LogP contribution in [0.1, 0.15) is 23.3 Å². The van der Waals surface area contributed by atoms with Gasteiger partial charge in [0.15, 0.2) is 5.52 Å². The topological polar surface area (TPSA) is 85.7 Å². The number of nitrogens with one attached hydrogen (secondary N) is 1. The van der Waals surface area contributed by atoms with E-state index in [1.54, 1.807) is 16.0 Å². The number of nitrogens with zero attached hydrogens (tertiary/aromatic N) is 4. The minimum atomic E-state index is -0.266. The second kappa shape index (κ2) is 6.96. The van der Waals surface area contributed by atoms with Gasteiger partial charge in [0.1, 0.15) is 17.1 Å². The molecule has 0 bridgehead atoms. The van der Waals surface area contributed by atoms with Crippen LogP contribution in [0.2, 0.25) is 0 Å². The first-order chi connectivity index (χ1) is 13.1. The maximum Gasteiger partial charge on any atom is 0.279 e. The molecule has 7 nitrogen and oxygen atoms in total. The monoisotopic (exact) mass is 381 g/mol. The van der Waals surface area contributed by atoms with Crippen LogP contribution in [0.5, 0.6) is 5.75 Å². The van der Waals surface area contributed by atoms with Crippen LogP contribution in [0.15, 0.2) is 34.4 Å². The van der Waals surface area contributed by atoms with Crippen molar-refractivity contribution in [3.63, 3.8) is 0 Å². The Kier molecular flexibility index (Phi) is 4.49. The van der Waals surface area contributed by atoms with Gasteiger partial charge < -0.3 is 9.72 Å². The minimum absolute atomic E-state index is 0.266. The van der Waals surface area contributed by atoms with E-state index < -0.39 is 0 Å². The summed E-state index contributed by atoms with van der Waals surface area (Å²) in [4.78, 5) is 24.6. The summed E-state index contributed by atoms with van der Waals surface area (Å²) in [7, 11) is 0. The van der Waals surface area contributed by atoms with Crippen molar-refractivity contribution in [3.8, 4) is 17.1 Å². The molecule has 0 atom stereocenters. The number of ether oxygens (including phenoxy) is 1. The van der Waals surface area contributed by atoms with Gasteiger partial charge >= 0.3 is 0 Å². The van der Waals surface area contributed by atoms with Gasteiger partial charge in [-0.25, -0.2) is 9.97 Å². The highest BCUT2D eigenvalue weighted by Crippen LogP contribution is 2.27. The molecular weight excluding hydrogens is 362 g/mol. The summed E-state index contributed by atoms with van der Waals surface area (Å²) in [6, 6.07) is 7.53. The zero-order valence-electron chi connectivity index (χ0n) is 15.3. The zero-order valence-corrected chi connectivity index (χ0v) is 16.1. The Hall–Kier alpha value is -3.00. The molecule has 0 aliphatic carbocycles. The fourth-order valence-electron chi connectivity index (χ4n) is 2.99. The van der Waals surface area contributed by atoms with Crippen molar-refractivity contribution in [3.05, 3.63) is 56.4 Å². The first kappa shape index (κ1) is 17.4. The Morgan fingerprint density at radius 2 is 2.00 bits per heavy atom. The Labute approximate surface area is 159 Å². The van der Waals surface area contributed by atoms with E-state index in [1.807, 2.05) is 50.4 Å². The molecule has 4 rings (SSSR count). The minimum Gasteiger partial charge on any atom is -0.493 e. The lowest BCUT2D eigenvalue weighted by molar-refractivity contribution is 0.341. The van der Waals surface area contributed by atoms with E-state index in [0.717, 1.165) is 22.0 Å². The van der Waals surface area contributed by atoms with Crippen molar-refractivity contribution < 1.29 is 4.74 Å². The van der Waals surface area contributed by atoms with Gasteiger partial charge in [0, 0.05) is 5.38 Å². The number of para-hydroxylation sites is 1. The molecule has 138 valence electrons. The average molecular weight is 381 g/mol. The molecule has 1 N–H and O–H groups in total. The molecule has 27 heavy (non-hydrogen) atoms. The Morgan fingerprint density at radius 3 is 2.74 bits per heavy atom.